The van der Waals surface area contributed by atoms with Gasteiger partial charge in [-0.3, -0.25) is 4.79 Å². The Hall–Kier alpha value is -3.27. The number of hydrogen-bond donors (Lipinski definition) is 1. The van der Waals surface area contributed by atoms with E-state index < -0.39 is 0 Å². The van der Waals surface area contributed by atoms with Crippen molar-refractivity contribution in [3.8, 4) is 11.5 Å². The molecule has 0 heterocycles. The third-order valence-electron chi connectivity index (χ3n) is 4.46. The Balaban J connectivity index is 1.92. The minimum Gasteiger partial charge on any atom is -0.493 e. The molecule has 1 N–H and O–H groups in total. The highest BCUT2D eigenvalue weighted by Crippen LogP contribution is 2.28. The van der Waals surface area contributed by atoms with Crippen LogP contribution in [-0.2, 0) is 0 Å². The van der Waals surface area contributed by atoms with Crippen molar-refractivity contribution in [1.29, 1.82) is 0 Å². The van der Waals surface area contributed by atoms with E-state index in [2.05, 4.69) is 5.32 Å². The number of hydrogen-bond acceptors (Lipinski definition) is 3. The fourth-order valence-corrected chi connectivity index (χ4v) is 2.96. The van der Waals surface area contributed by atoms with Gasteiger partial charge in [-0.25, -0.2) is 0 Å². The number of aryl methyl sites for hydroxylation is 1. The molecule has 0 fully saturated rings. The summed E-state index contributed by atoms with van der Waals surface area (Å²) >= 11 is 0. The van der Waals surface area contributed by atoms with Crippen molar-refractivity contribution in [1.82, 2.24) is 5.32 Å². The first kappa shape index (κ1) is 18.5. The smallest absolute Gasteiger partial charge is 0.252 e. The summed E-state index contributed by atoms with van der Waals surface area (Å²) in [6.07, 6.45) is 0. The molecule has 0 unspecified atom stereocenters. The molecule has 0 aliphatic heterocycles. The fraction of sp³-hybridized carbons (Fsp3) is 0.174. The zero-order valence-corrected chi connectivity index (χ0v) is 15.7. The predicted octanol–water partition coefficient (Wildman–Crippen LogP) is 4.53. The fourth-order valence-electron chi connectivity index (χ4n) is 2.96. The largest absolute Gasteiger partial charge is 0.493 e. The molecule has 3 aromatic rings. The second-order valence-corrected chi connectivity index (χ2v) is 6.30. The van der Waals surface area contributed by atoms with Crippen LogP contribution in [-0.4, -0.2) is 20.1 Å². The van der Waals surface area contributed by atoms with Crippen LogP contribution in [0.5, 0.6) is 11.5 Å². The van der Waals surface area contributed by atoms with Gasteiger partial charge in [0.15, 0.2) is 11.5 Å². The maximum atomic E-state index is 12.9. The summed E-state index contributed by atoms with van der Waals surface area (Å²) in [5, 5.41) is 3.14. The lowest BCUT2D eigenvalue weighted by Crippen LogP contribution is -2.29. The van der Waals surface area contributed by atoms with Crippen LogP contribution in [0.4, 0.5) is 0 Å². The Kier molecular flexibility index (Phi) is 5.77. The first-order chi connectivity index (χ1) is 13.1. The summed E-state index contributed by atoms with van der Waals surface area (Å²) in [5.41, 5.74) is 3.74. The third-order valence-corrected chi connectivity index (χ3v) is 4.46. The standard InChI is InChI=1S/C23H23NO3/c1-16-9-11-18(12-10-16)22(17-7-5-4-6-8-17)24-23(25)19-13-14-20(26-2)21(15-19)27-3/h4-15,22H,1-3H3,(H,24,25)/t22-/m0/s1. The number of rotatable bonds is 6. The molecule has 3 aromatic carbocycles. The summed E-state index contributed by atoms with van der Waals surface area (Å²) < 4.78 is 10.6. The molecule has 0 aliphatic rings. The van der Waals surface area contributed by atoms with Crippen molar-refractivity contribution in [3.63, 3.8) is 0 Å². The molecule has 1 amide bonds. The quantitative estimate of drug-likeness (QED) is 0.702. The van der Waals surface area contributed by atoms with Crippen LogP contribution in [0, 0.1) is 6.92 Å². The first-order valence-electron chi connectivity index (χ1n) is 8.76. The van der Waals surface area contributed by atoms with Gasteiger partial charge in [0.1, 0.15) is 0 Å². The first-order valence-corrected chi connectivity index (χ1v) is 8.76. The van der Waals surface area contributed by atoms with Crippen LogP contribution in [0.1, 0.15) is 33.1 Å². The molecule has 0 bridgehead atoms. The molecule has 1 atom stereocenters. The molecule has 0 aliphatic carbocycles. The summed E-state index contributed by atoms with van der Waals surface area (Å²) in [5.74, 6) is 0.939. The number of methoxy groups -OCH3 is 2. The highest BCUT2D eigenvalue weighted by Gasteiger charge is 2.19. The predicted molar refractivity (Wildman–Crippen MR) is 106 cm³/mol. The summed E-state index contributed by atoms with van der Waals surface area (Å²) in [4.78, 5) is 12.9. The van der Waals surface area contributed by atoms with Gasteiger partial charge in [0, 0.05) is 5.56 Å². The Morgan fingerprint density at radius 2 is 1.44 bits per heavy atom. The average molecular weight is 361 g/mol. The maximum absolute atomic E-state index is 12.9. The highest BCUT2D eigenvalue weighted by molar-refractivity contribution is 5.95. The number of benzene rings is 3. The van der Waals surface area contributed by atoms with Gasteiger partial charge in [0.2, 0.25) is 0 Å². The Morgan fingerprint density at radius 1 is 0.815 bits per heavy atom. The van der Waals surface area contributed by atoms with E-state index in [1.165, 1.54) is 5.56 Å². The van der Waals surface area contributed by atoms with Gasteiger partial charge in [-0.2, -0.15) is 0 Å². The van der Waals surface area contributed by atoms with Crippen LogP contribution in [0.25, 0.3) is 0 Å². The molecule has 0 saturated heterocycles. The number of amides is 1. The number of nitrogens with one attached hydrogen (secondary N) is 1. The van der Waals surface area contributed by atoms with Gasteiger partial charge in [-0.1, -0.05) is 60.2 Å². The Labute approximate surface area is 159 Å². The molecule has 0 spiro atoms. The Morgan fingerprint density at radius 3 is 2.07 bits per heavy atom. The molecule has 0 radical (unpaired) electrons. The molecule has 27 heavy (non-hydrogen) atoms. The SMILES string of the molecule is COc1ccc(C(=O)N[C@@H](c2ccccc2)c2ccc(C)cc2)cc1OC. The Bertz CT molecular complexity index is 905. The molecule has 4 nitrogen and oxygen atoms in total. The highest BCUT2D eigenvalue weighted by atomic mass is 16.5. The van der Waals surface area contributed by atoms with Crippen molar-refractivity contribution in [2.24, 2.45) is 0 Å². The van der Waals surface area contributed by atoms with E-state index in [0.29, 0.717) is 17.1 Å². The second kappa shape index (κ2) is 8.41. The van der Waals surface area contributed by atoms with Gasteiger partial charge < -0.3 is 14.8 Å². The minimum atomic E-state index is -0.243. The van der Waals surface area contributed by atoms with Crippen LogP contribution in [0.15, 0.2) is 72.8 Å². The van der Waals surface area contributed by atoms with E-state index in [1.54, 1.807) is 32.4 Å². The number of carbonyl (C=O) groups excluding carboxylic acids is 1. The van der Waals surface area contributed by atoms with Crippen molar-refractivity contribution < 1.29 is 14.3 Å². The summed E-state index contributed by atoms with van der Waals surface area (Å²) in [6, 6.07) is 23.0. The van der Waals surface area contributed by atoms with Crippen molar-refractivity contribution in [2.45, 2.75) is 13.0 Å². The van der Waals surface area contributed by atoms with Gasteiger partial charge in [-0.15, -0.1) is 0 Å². The maximum Gasteiger partial charge on any atom is 0.252 e. The molecule has 3 rings (SSSR count). The van der Waals surface area contributed by atoms with E-state index >= 15 is 0 Å². The molecule has 138 valence electrons. The zero-order valence-electron chi connectivity index (χ0n) is 15.7. The van der Waals surface area contributed by atoms with Gasteiger partial charge >= 0.3 is 0 Å². The van der Waals surface area contributed by atoms with Gasteiger partial charge in [0.05, 0.1) is 20.3 Å². The van der Waals surface area contributed by atoms with Crippen molar-refractivity contribution in [2.75, 3.05) is 14.2 Å². The lowest BCUT2D eigenvalue weighted by atomic mass is 9.97. The lowest BCUT2D eigenvalue weighted by molar-refractivity contribution is 0.0942. The average Bonchev–Trinajstić information content (AvgIpc) is 2.72. The number of ether oxygens (including phenoxy) is 2. The van der Waals surface area contributed by atoms with E-state index in [0.717, 1.165) is 11.1 Å². The van der Waals surface area contributed by atoms with Crippen molar-refractivity contribution in [3.05, 3.63) is 95.1 Å². The second-order valence-electron chi connectivity index (χ2n) is 6.30. The van der Waals surface area contributed by atoms with Crippen LogP contribution < -0.4 is 14.8 Å². The van der Waals surface area contributed by atoms with E-state index in [-0.39, 0.29) is 11.9 Å². The molecule has 0 saturated carbocycles. The van der Waals surface area contributed by atoms with Crippen molar-refractivity contribution >= 4 is 5.91 Å². The van der Waals surface area contributed by atoms with Crippen LogP contribution >= 0.6 is 0 Å². The van der Waals surface area contributed by atoms with E-state index in [1.807, 2.05) is 61.5 Å². The lowest BCUT2D eigenvalue weighted by Gasteiger charge is -2.20. The van der Waals surface area contributed by atoms with Crippen LogP contribution in [0.3, 0.4) is 0 Å². The third kappa shape index (κ3) is 4.29. The monoisotopic (exact) mass is 361 g/mol. The van der Waals surface area contributed by atoms with Crippen LogP contribution in [0.2, 0.25) is 0 Å². The molecular weight excluding hydrogens is 338 g/mol. The van der Waals surface area contributed by atoms with E-state index in [4.69, 9.17) is 9.47 Å². The molecule has 0 aromatic heterocycles. The summed E-state index contributed by atoms with van der Waals surface area (Å²) in [7, 11) is 3.12. The van der Waals surface area contributed by atoms with Gasteiger partial charge in [0.25, 0.3) is 5.91 Å². The minimum absolute atomic E-state index is 0.176. The summed E-state index contributed by atoms with van der Waals surface area (Å²) in [6.45, 7) is 2.05. The molecule has 4 heteroatoms. The number of carbonyl (C=O) groups is 1. The normalized spacial score (nSPS) is 11.5. The topological polar surface area (TPSA) is 47.6 Å². The zero-order chi connectivity index (χ0) is 19.2. The van der Waals surface area contributed by atoms with Gasteiger partial charge in [-0.05, 0) is 36.2 Å². The molecular formula is C23H23NO3. The van der Waals surface area contributed by atoms with E-state index in [9.17, 15) is 4.79 Å².